The minimum atomic E-state index is -2.56. The van der Waals surface area contributed by atoms with Gasteiger partial charge in [0.05, 0.1) is 11.6 Å². The maximum Gasteiger partial charge on any atom is 0.257 e. The quantitative estimate of drug-likeness (QED) is 0.882. The number of alkyl halides is 2. The molecule has 2 nitrogen and oxygen atoms in total. The van der Waals surface area contributed by atoms with Crippen LogP contribution < -0.4 is 5.73 Å². The molecule has 0 unspecified atom stereocenters. The molecule has 16 heavy (non-hydrogen) atoms. The largest absolute Gasteiger partial charge is 0.319 e. The maximum atomic E-state index is 12.5. The summed E-state index contributed by atoms with van der Waals surface area (Å²) in [7, 11) is 0. The van der Waals surface area contributed by atoms with Gasteiger partial charge in [0.1, 0.15) is 0 Å². The second kappa shape index (κ2) is 5.18. The number of fused-ring (bicyclic) bond motifs is 1. The molecule has 2 rings (SSSR count). The molecule has 2 N–H and O–H groups in total. The molecule has 1 aromatic heterocycles. The van der Waals surface area contributed by atoms with Crippen molar-refractivity contribution >= 4 is 23.3 Å². The predicted molar refractivity (Wildman–Crippen MR) is 61.9 cm³/mol. The van der Waals surface area contributed by atoms with Crippen molar-refractivity contribution in [2.75, 3.05) is 0 Å². The highest BCUT2D eigenvalue weighted by Crippen LogP contribution is 2.24. The van der Waals surface area contributed by atoms with E-state index < -0.39 is 12.5 Å². The third-order valence-electron chi connectivity index (χ3n) is 2.31. The summed E-state index contributed by atoms with van der Waals surface area (Å²) in [5.74, 6) is 0. The zero-order valence-corrected chi connectivity index (χ0v) is 9.12. The summed E-state index contributed by atoms with van der Waals surface area (Å²) in [6.07, 6.45) is -1.06. The molecule has 0 aliphatic rings. The summed E-state index contributed by atoms with van der Waals surface area (Å²) in [6, 6.07) is 7.41. The summed E-state index contributed by atoms with van der Waals surface area (Å²) in [4.78, 5) is 4.08. The van der Waals surface area contributed by atoms with E-state index in [1.807, 2.05) is 6.07 Å². The Morgan fingerprint density at radius 1 is 1.12 bits per heavy atom. The van der Waals surface area contributed by atoms with E-state index in [0.29, 0.717) is 16.5 Å². The molecule has 0 bridgehead atoms. The highest BCUT2D eigenvalue weighted by Gasteiger charge is 2.19. The van der Waals surface area contributed by atoms with Crippen LogP contribution in [0.5, 0.6) is 0 Å². The smallest absolute Gasteiger partial charge is 0.257 e. The van der Waals surface area contributed by atoms with Gasteiger partial charge in [0.2, 0.25) is 0 Å². The monoisotopic (exact) mass is 244 g/mol. The number of rotatable bonds is 2. The van der Waals surface area contributed by atoms with Gasteiger partial charge in [-0.05, 0) is 17.7 Å². The first-order chi connectivity index (χ1) is 7.20. The van der Waals surface area contributed by atoms with Crippen molar-refractivity contribution in [2.24, 2.45) is 5.73 Å². The molecule has 0 amide bonds. The highest BCUT2D eigenvalue weighted by atomic mass is 35.5. The van der Waals surface area contributed by atoms with Crippen molar-refractivity contribution in [3.05, 3.63) is 42.1 Å². The molecule has 2 aromatic rings. The molecular formula is C11H11ClF2N2. The topological polar surface area (TPSA) is 38.9 Å². The first-order valence-corrected chi connectivity index (χ1v) is 4.57. The van der Waals surface area contributed by atoms with Crippen molar-refractivity contribution in [2.45, 2.75) is 12.5 Å². The van der Waals surface area contributed by atoms with Crippen molar-refractivity contribution in [3.8, 4) is 0 Å². The minimum Gasteiger partial charge on any atom is -0.319 e. The average molecular weight is 245 g/mol. The van der Waals surface area contributed by atoms with Crippen LogP contribution in [0.1, 0.15) is 11.6 Å². The van der Waals surface area contributed by atoms with E-state index in [4.69, 9.17) is 5.73 Å². The molecule has 0 fully saturated rings. The summed E-state index contributed by atoms with van der Waals surface area (Å²) in [5.41, 5.74) is 6.55. The van der Waals surface area contributed by atoms with Gasteiger partial charge in [0, 0.05) is 11.6 Å². The van der Waals surface area contributed by atoms with Gasteiger partial charge >= 0.3 is 0 Å². The third kappa shape index (κ3) is 2.28. The average Bonchev–Trinajstić information content (AvgIpc) is 2.27. The molecule has 0 aliphatic heterocycles. The van der Waals surface area contributed by atoms with Crippen LogP contribution >= 0.6 is 12.4 Å². The van der Waals surface area contributed by atoms with Crippen molar-refractivity contribution < 1.29 is 8.78 Å². The lowest BCUT2D eigenvalue weighted by Crippen LogP contribution is -2.19. The highest BCUT2D eigenvalue weighted by molar-refractivity contribution is 5.85. The fourth-order valence-corrected chi connectivity index (χ4v) is 1.54. The number of para-hydroxylation sites is 1. The molecule has 0 radical (unpaired) electrons. The van der Waals surface area contributed by atoms with Gasteiger partial charge in [-0.2, -0.15) is 0 Å². The van der Waals surface area contributed by atoms with Gasteiger partial charge in [-0.3, -0.25) is 4.98 Å². The van der Waals surface area contributed by atoms with Gasteiger partial charge in [0.25, 0.3) is 6.43 Å². The first-order valence-electron chi connectivity index (χ1n) is 4.57. The van der Waals surface area contributed by atoms with Crippen LogP contribution in [0.4, 0.5) is 8.78 Å². The van der Waals surface area contributed by atoms with E-state index in [2.05, 4.69) is 4.98 Å². The van der Waals surface area contributed by atoms with Crippen LogP contribution in [0, 0.1) is 0 Å². The van der Waals surface area contributed by atoms with Gasteiger partial charge in [-0.1, -0.05) is 18.2 Å². The third-order valence-corrected chi connectivity index (χ3v) is 2.31. The number of benzene rings is 1. The Bertz CT molecular complexity index is 471. The van der Waals surface area contributed by atoms with E-state index in [1.165, 1.54) is 6.20 Å². The second-order valence-corrected chi connectivity index (χ2v) is 3.28. The number of nitrogens with two attached hydrogens (primary N) is 1. The zero-order chi connectivity index (χ0) is 10.8. The molecule has 0 saturated carbocycles. The summed E-state index contributed by atoms with van der Waals surface area (Å²) < 4.78 is 25.0. The lowest BCUT2D eigenvalue weighted by atomic mass is 10.0. The SMILES string of the molecule is Cl.N[C@@H](c1ccnc2ccccc12)C(F)F. The predicted octanol–water partition coefficient (Wildman–Crippen LogP) is 2.92. The van der Waals surface area contributed by atoms with Gasteiger partial charge in [-0.25, -0.2) is 8.78 Å². The van der Waals surface area contributed by atoms with E-state index in [-0.39, 0.29) is 12.4 Å². The van der Waals surface area contributed by atoms with Gasteiger partial charge in [-0.15, -0.1) is 12.4 Å². The molecule has 0 spiro atoms. The molecule has 1 atom stereocenters. The van der Waals surface area contributed by atoms with E-state index in [0.717, 1.165) is 0 Å². The van der Waals surface area contributed by atoms with Crippen LogP contribution in [0.15, 0.2) is 36.5 Å². The Balaban J connectivity index is 0.00000128. The first kappa shape index (κ1) is 12.8. The van der Waals surface area contributed by atoms with Crippen LogP contribution in [-0.2, 0) is 0 Å². The number of pyridine rings is 1. The lowest BCUT2D eigenvalue weighted by Gasteiger charge is -2.12. The molecule has 1 aromatic carbocycles. The number of halogens is 3. The van der Waals surface area contributed by atoms with Crippen molar-refractivity contribution in [1.29, 1.82) is 0 Å². The van der Waals surface area contributed by atoms with Gasteiger partial charge < -0.3 is 5.73 Å². The van der Waals surface area contributed by atoms with E-state index in [9.17, 15) is 8.78 Å². The summed E-state index contributed by atoms with van der Waals surface area (Å²) in [5, 5.41) is 0.688. The molecule has 5 heteroatoms. The molecule has 0 saturated heterocycles. The molecule has 1 heterocycles. The van der Waals surface area contributed by atoms with Crippen molar-refractivity contribution in [3.63, 3.8) is 0 Å². The Kier molecular flexibility index (Phi) is 4.15. The Morgan fingerprint density at radius 3 is 2.50 bits per heavy atom. The number of hydrogen-bond donors (Lipinski definition) is 1. The van der Waals surface area contributed by atoms with Crippen LogP contribution in [0.2, 0.25) is 0 Å². The maximum absolute atomic E-state index is 12.5. The van der Waals surface area contributed by atoms with Crippen molar-refractivity contribution in [1.82, 2.24) is 4.98 Å². The molecule has 86 valence electrons. The lowest BCUT2D eigenvalue weighted by molar-refractivity contribution is 0.117. The Labute approximate surface area is 97.9 Å². The van der Waals surface area contributed by atoms with E-state index >= 15 is 0 Å². The fraction of sp³-hybridized carbons (Fsp3) is 0.182. The van der Waals surface area contributed by atoms with Crippen LogP contribution in [0.25, 0.3) is 10.9 Å². The number of hydrogen-bond acceptors (Lipinski definition) is 2. The number of aromatic nitrogens is 1. The Morgan fingerprint density at radius 2 is 1.81 bits per heavy atom. The second-order valence-electron chi connectivity index (χ2n) is 3.28. The van der Waals surface area contributed by atoms with Crippen LogP contribution in [0.3, 0.4) is 0 Å². The van der Waals surface area contributed by atoms with Crippen LogP contribution in [-0.4, -0.2) is 11.4 Å². The normalized spacial score (nSPS) is 12.5. The molecule has 0 aliphatic carbocycles. The summed E-state index contributed by atoms with van der Waals surface area (Å²) >= 11 is 0. The minimum absolute atomic E-state index is 0. The zero-order valence-electron chi connectivity index (χ0n) is 8.31. The fourth-order valence-electron chi connectivity index (χ4n) is 1.54. The van der Waals surface area contributed by atoms with E-state index in [1.54, 1.807) is 24.3 Å². The standard InChI is InChI=1S/C11H10F2N2.ClH/c12-11(13)10(14)8-5-6-15-9-4-2-1-3-7(8)9;/h1-6,10-11H,14H2;1H/t10-;/m0./s1. The summed E-state index contributed by atoms with van der Waals surface area (Å²) in [6.45, 7) is 0. The Hall–Kier alpha value is -1.26. The number of nitrogens with zero attached hydrogens (tertiary/aromatic N) is 1. The van der Waals surface area contributed by atoms with Gasteiger partial charge in [0.15, 0.2) is 0 Å². The molecular weight excluding hydrogens is 234 g/mol.